The van der Waals surface area contributed by atoms with Crippen molar-refractivity contribution in [3.8, 4) is 0 Å². The van der Waals surface area contributed by atoms with Crippen molar-refractivity contribution in [1.29, 1.82) is 0 Å². The number of pyridine rings is 1. The topological polar surface area (TPSA) is 39.1 Å². The van der Waals surface area contributed by atoms with Gasteiger partial charge in [0.15, 0.2) is 11.2 Å². The minimum absolute atomic E-state index is 0.0383. The van der Waals surface area contributed by atoms with Crippen LogP contribution in [0.2, 0.25) is 0 Å². The molecule has 0 bridgehead atoms. The van der Waals surface area contributed by atoms with Crippen molar-refractivity contribution in [2.24, 2.45) is 5.92 Å². The Kier molecular flexibility index (Phi) is 2.67. The third-order valence-electron chi connectivity index (χ3n) is 4.23. The van der Waals surface area contributed by atoms with Crippen LogP contribution in [0, 0.1) is 5.92 Å². The molecule has 1 aliphatic carbocycles. The first-order valence-corrected chi connectivity index (χ1v) is 7.29. The third-order valence-corrected chi connectivity index (χ3v) is 4.23. The summed E-state index contributed by atoms with van der Waals surface area (Å²) in [6.45, 7) is 0.353. The average molecular weight is 277 g/mol. The lowest BCUT2D eigenvalue weighted by Crippen LogP contribution is -2.17. The lowest BCUT2D eigenvalue weighted by Gasteiger charge is -2.14. The van der Waals surface area contributed by atoms with Gasteiger partial charge < -0.3 is 4.57 Å². The maximum absolute atomic E-state index is 12.6. The number of aromatic nitrogens is 1. The Labute approximate surface area is 121 Å². The molecule has 1 heterocycles. The number of benzene rings is 2. The van der Waals surface area contributed by atoms with Gasteiger partial charge in [-0.25, -0.2) is 0 Å². The summed E-state index contributed by atoms with van der Waals surface area (Å²) >= 11 is 0. The third kappa shape index (κ3) is 1.97. The zero-order valence-electron chi connectivity index (χ0n) is 11.6. The van der Waals surface area contributed by atoms with Crippen molar-refractivity contribution in [2.75, 3.05) is 0 Å². The highest BCUT2D eigenvalue weighted by Gasteiger charge is 2.29. The van der Waals surface area contributed by atoms with E-state index in [9.17, 15) is 9.59 Å². The molecule has 0 radical (unpaired) electrons. The van der Waals surface area contributed by atoms with Gasteiger partial charge in [-0.3, -0.25) is 9.59 Å². The quantitative estimate of drug-likeness (QED) is 0.690. The number of carbonyl (C=O) groups excluding carboxylic acids is 1. The lowest BCUT2D eigenvalue weighted by atomic mass is 10.1. The Bertz CT molecular complexity index is 859. The number of ketones is 1. The first kappa shape index (κ1) is 12.3. The van der Waals surface area contributed by atoms with Gasteiger partial charge in [-0.2, -0.15) is 0 Å². The summed E-state index contributed by atoms with van der Waals surface area (Å²) in [6.07, 6.45) is 2.02. The number of hydrogen-bond donors (Lipinski definition) is 0. The van der Waals surface area contributed by atoms with Crippen molar-refractivity contribution < 1.29 is 4.79 Å². The van der Waals surface area contributed by atoms with Gasteiger partial charge in [0.1, 0.15) is 0 Å². The highest BCUT2D eigenvalue weighted by molar-refractivity contribution is 5.95. The molecule has 0 atom stereocenters. The van der Waals surface area contributed by atoms with Crippen LogP contribution in [-0.4, -0.2) is 10.4 Å². The van der Waals surface area contributed by atoms with Crippen LogP contribution in [0.15, 0.2) is 53.3 Å². The molecule has 0 spiro atoms. The Balaban J connectivity index is 2.06. The van der Waals surface area contributed by atoms with E-state index < -0.39 is 0 Å². The fourth-order valence-electron chi connectivity index (χ4n) is 2.94. The molecule has 1 saturated carbocycles. The smallest absolute Gasteiger partial charge is 0.197 e. The molecular weight excluding hydrogens is 262 g/mol. The molecule has 0 amide bonds. The van der Waals surface area contributed by atoms with Crippen molar-refractivity contribution in [3.63, 3.8) is 0 Å². The molecule has 4 rings (SSSR count). The molecule has 3 heteroatoms. The molecule has 1 aliphatic rings. The zero-order valence-corrected chi connectivity index (χ0v) is 11.6. The molecule has 1 aromatic heterocycles. The van der Waals surface area contributed by atoms with Crippen molar-refractivity contribution >= 4 is 27.6 Å². The second kappa shape index (κ2) is 4.55. The van der Waals surface area contributed by atoms with Gasteiger partial charge in [0.2, 0.25) is 0 Å². The van der Waals surface area contributed by atoms with Crippen LogP contribution in [0.25, 0.3) is 21.8 Å². The summed E-state index contributed by atoms with van der Waals surface area (Å²) in [5.41, 5.74) is 1.72. The number of hydrogen-bond acceptors (Lipinski definition) is 2. The SMILES string of the molecule is O=C(Cn1c2ccccc2c(=O)c2ccccc21)C1CC1. The fraction of sp³-hybridized carbons (Fsp3) is 0.222. The minimum atomic E-state index is 0.0383. The van der Waals surface area contributed by atoms with Crippen LogP contribution in [0.5, 0.6) is 0 Å². The van der Waals surface area contributed by atoms with E-state index in [1.54, 1.807) is 0 Å². The monoisotopic (exact) mass is 277 g/mol. The molecule has 0 N–H and O–H groups in total. The number of Topliss-reactive ketones (excluding diaryl/α,β-unsaturated/α-hetero) is 1. The van der Waals surface area contributed by atoms with Crippen LogP contribution in [-0.2, 0) is 11.3 Å². The summed E-state index contributed by atoms with van der Waals surface area (Å²) in [7, 11) is 0. The van der Waals surface area contributed by atoms with E-state index >= 15 is 0 Å². The molecule has 21 heavy (non-hydrogen) atoms. The predicted molar refractivity (Wildman–Crippen MR) is 83.4 cm³/mol. The van der Waals surface area contributed by atoms with Gasteiger partial charge in [-0.1, -0.05) is 24.3 Å². The molecule has 104 valence electrons. The second-order valence-corrected chi connectivity index (χ2v) is 5.69. The van der Waals surface area contributed by atoms with Crippen LogP contribution in [0.3, 0.4) is 0 Å². The Hall–Kier alpha value is -2.42. The summed E-state index contributed by atoms with van der Waals surface area (Å²) < 4.78 is 1.99. The molecule has 0 saturated heterocycles. The van der Waals surface area contributed by atoms with Crippen LogP contribution in [0.4, 0.5) is 0 Å². The fourth-order valence-corrected chi connectivity index (χ4v) is 2.94. The maximum atomic E-state index is 12.6. The molecular formula is C18H15NO2. The molecule has 0 unspecified atom stereocenters. The lowest BCUT2D eigenvalue weighted by molar-refractivity contribution is -0.120. The number of rotatable bonds is 3. The van der Waals surface area contributed by atoms with Crippen LogP contribution < -0.4 is 5.43 Å². The molecule has 2 aromatic carbocycles. The van der Waals surface area contributed by atoms with E-state index in [1.165, 1.54) is 0 Å². The van der Waals surface area contributed by atoms with Gasteiger partial charge >= 0.3 is 0 Å². The minimum Gasteiger partial charge on any atom is -0.333 e. The van der Waals surface area contributed by atoms with Gasteiger partial charge in [-0.15, -0.1) is 0 Å². The second-order valence-electron chi connectivity index (χ2n) is 5.69. The summed E-state index contributed by atoms with van der Waals surface area (Å²) in [4.78, 5) is 24.8. The van der Waals surface area contributed by atoms with Crippen molar-refractivity contribution in [2.45, 2.75) is 19.4 Å². The Morgan fingerprint density at radius 1 is 0.952 bits per heavy atom. The molecule has 3 nitrogen and oxygen atoms in total. The van der Waals surface area contributed by atoms with E-state index in [4.69, 9.17) is 0 Å². The Morgan fingerprint density at radius 2 is 1.48 bits per heavy atom. The number of nitrogens with zero attached hydrogens (tertiary/aromatic N) is 1. The van der Waals surface area contributed by atoms with E-state index in [-0.39, 0.29) is 17.1 Å². The molecule has 3 aromatic rings. The van der Waals surface area contributed by atoms with Gasteiger partial charge in [0, 0.05) is 16.7 Å². The Morgan fingerprint density at radius 3 is 2.00 bits per heavy atom. The van der Waals surface area contributed by atoms with Crippen LogP contribution >= 0.6 is 0 Å². The predicted octanol–water partition coefficient (Wildman–Crippen LogP) is 3.13. The average Bonchev–Trinajstić information content (AvgIpc) is 3.36. The molecule has 1 fully saturated rings. The molecule has 0 aliphatic heterocycles. The number of carbonyl (C=O) groups is 1. The van der Waals surface area contributed by atoms with Crippen molar-refractivity contribution in [3.05, 3.63) is 58.8 Å². The number of para-hydroxylation sites is 2. The van der Waals surface area contributed by atoms with Crippen molar-refractivity contribution in [1.82, 2.24) is 4.57 Å². The summed E-state index contributed by atoms with van der Waals surface area (Å²) in [5.74, 6) is 0.496. The highest BCUT2D eigenvalue weighted by atomic mass is 16.1. The van der Waals surface area contributed by atoms with Gasteiger partial charge in [-0.05, 0) is 37.1 Å². The maximum Gasteiger partial charge on any atom is 0.197 e. The summed E-state index contributed by atoms with van der Waals surface area (Å²) in [5, 5.41) is 1.36. The van der Waals surface area contributed by atoms with E-state index in [0.29, 0.717) is 17.3 Å². The zero-order chi connectivity index (χ0) is 14.4. The van der Waals surface area contributed by atoms with Gasteiger partial charge in [0.25, 0.3) is 0 Å². The normalized spacial score (nSPS) is 14.7. The first-order chi connectivity index (χ1) is 10.3. The standard InChI is InChI=1S/C18H15NO2/c20-17(12-9-10-12)11-19-15-7-3-1-5-13(15)18(21)14-6-2-4-8-16(14)19/h1-8,12H,9-11H2. The largest absolute Gasteiger partial charge is 0.333 e. The highest BCUT2D eigenvalue weighted by Crippen LogP contribution is 2.31. The van der Waals surface area contributed by atoms with E-state index in [0.717, 1.165) is 23.9 Å². The number of fused-ring (bicyclic) bond motifs is 2. The van der Waals surface area contributed by atoms with E-state index in [1.807, 2.05) is 53.1 Å². The van der Waals surface area contributed by atoms with Crippen LogP contribution in [0.1, 0.15) is 12.8 Å². The van der Waals surface area contributed by atoms with Gasteiger partial charge in [0.05, 0.1) is 17.6 Å². The van der Waals surface area contributed by atoms with E-state index in [2.05, 4.69) is 0 Å². The first-order valence-electron chi connectivity index (χ1n) is 7.29. The summed E-state index contributed by atoms with van der Waals surface area (Å²) in [6, 6.07) is 15.1.